The van der Waals surface area contributed by atoms with Crippen LogP contribution in [0.15, 0.2) is 18.2 Å². The molecule has 0 spiro atoms. The number of carbonyl (C=O) groups is 1. The maximum atomic E-state index is 12.1. The summed E-state index contributed by atoms with van der Waals surface area (Å²) < 4.78 is 16.0. The van der Waals surface area contributed by atoms with Crippen molar-refractivity contribution in [1.29, 1.82) is 0 Å². The molecule has 172 valence electrons. The first-order valence-corrected chi connectivity index (χ1v) is 10.5. The van der Waals surface area contributed by atoms with E-state index < -0.39 is 0 Å². The van der Waals surface area contributed by atoms with Crippen molar-refractivity contribution in [2.24, 2.45) is 0 Å². The van der Waals surface area contributed by atoms with Crippen LogP contribution in [0.3, 0.4) is 0 Å². The van der Waals surface area contributed by atoms with Crippen molar-refractivity contribution in [1.82, 2.24) is 4.90 Å². The van der Waals surface area contributed by atoms with Crippen molar-refractivity contribution in [3.63, 3.8) is 0 Å². The number of aliphatic hydroxyl groups is 2. The molecule has 1 aromatic rings. The minimum atomic E-state index is -0.0935. The van der Waals surface area contributed by atoms with Gasteiger partial charge in [-0.3, -0.25) is 4.79 Å². The standard InChI is InChI=1S/C22H38N2O6/c1-4-23(2)22(27)6-5-7-24(8-9-29-12-13-30-11-10-28-3)21-15-19(17-25)14-20(16-21)18-26/h14-16,25-26H,4-13,17-18H2,1-3H3. The summed E-state index contributed by atoms with van der Waals surface area (Å²) in [6.07, 6.45) is 1.18. The zero-order chi connectivity index (χ0) is 22.2. The molecule has 1 rings (SSSR count). The summed E-state index contributed by atoms with van der Waals surface area (Å²) in [7, 11) is 3.44. The minimum absolute atomic E-state index is 0.0935. The van der Waals surface area contributed by atoms with E-state index in [4.69, 9.17) is 14.2 Å². The van der Waals surface area contributed by atoms with Crippen LogP contribution in [0.25, 0.3) is 0 Å². The normalized spacial score (nSPS) is 11.0. The van der Waals surface area contributed by atoms with Gasteiger partial charge in [0, 0.05) is 45.9 Å². The average molecular weight is 427 g/mol. The van der Waals surface area contributed by atoms with E-state index in [0.717, 1.165) is 16.8 Å². The van der Waals surface area contributed by atoms with Gasteiger partial charge >= 0.3 is 0 Å². The molecule has 0 bridgehead atoms. The first-order chi connectivity index (χ1) is 14.5. The van der Waals surface area contributed by atoms with E-state index in [1.807, 2.05) is 19.1 Å². The van der Waals surface area contributed by atoms with Gasteiger partial charge in [0.05, 0.1) is 46.2 Å². The quantitative estimate of drug-likeness (QED) is 0.364. The number of rotatable bonds is 17. The summed E-state index contributed by atoms with van der Waals surface area (Å²) in [5.74, 6) is 0.127. The lowest BCUT2D eigenvalue weighted by molar-refractivity contribution is -0.129. The van der Waals surface area contributed by atoms with Gasteiger partial charge in [-0.2, -0.15) is 0 Å². The molecule has 0 atom stereocenters. The number of ether oxygens (including phenoxy) is 3. The van der Waals surface area contributed by atoms with E-state index in [2.05, 4.69) is 4.90 Å². The number of hydrogen-bond acceptors (Lipinski definition) is 7. The summed E-state index contributed by atoms with van der Waals surface area (Å²) >= 11 is 0. The van der Waals surface area contributed by atoms with Crippen LogP contribution in [0.5, 0.6) is 0 Å². The minimum Gasteiger partial charge on any atom is -0.392 e. The van der Waals surface area contributed by atoms with Crippen LogP contribution in [0.2, 0.25) is 0 Å². The van der Waals surface area contributed by atoms with E-state index in [1.54, 1.807) is 25.1 Å². The van der Waals surface area contributed by atoms with Crippen molar-refractivity contribution in [3.8, 4) is 0 Å². The van der Waals surface area contributed by atoms with Crippen LogP contribution in [0, 0.1) is 0 Å². The van der Waals surface area contributed by atoms with Crippen molar-refractivity contribution >= 4 is 11.6 Å². The molecule has 0 aliphatic heterocycles. The van der Waals surface area contributed by atoms with E-state index in [9.17, 15) is 15.0 Å². The first-order valence-electron chi connectivity index (χ1n) is 10.5. The molecule has 0 aliphatic rings. The van der Waals surface area contributed by atoms with E-state index in [-0.39, 0.29) is 19.1 Å². The third-order valence-electron chi connectivity index (χ3n) is 4.80. The van der Waals surface area contributed by atoms with Gasteiger partial charge < -0.3 is 34.2 Å². The molecule has 0 unspecified atom stereocenters. The lowest BCUT2D eigenvalue weighted by Gasteiger charge is -2.26. The van der Waals surface area contributed by atoms with Crippen LogP contribution in [0.4, 0.5) is 5.69 Å². The Bertz CT molecular complexity index is 577. The number of hydrogen-bond donors (Lipinski definition) is 2. The van der Waals surface area contributed by atoms with Crippen molar-refractivity contribution < 1.29 is 29.2 Å². The average Bonchev–Trinajstić information content (AvgIpc) is 2.78. The Labute approximate surface area is 180 Å². The van der Waals surface area contributed by atoms with Crippen molar-refractivity contribution in [2.45, 2.75) is 33.0 Å². The van der Waals surface area contributed by atoms with Crippen LogP contribution >= 0.6 is 0 Å². The first kappa shape index (κ1) is 26.3. The molecule has 2 N–H and O–H groups in total. The van der Waals surface area contributed by atoms with Crippen LogP contribution in [0.1, 0.15) is 30.9 Å². The molecule has 0 saturated heterocycles. The fraction of sp³-hybridized carbons (Fsp3) is 0.682. The fourth-order valence-electron chi connectivity index (χ4n) is 2.91. The van der Waals surface area contributed by atoms with E-state index >= 15 is 0 Å². The number of amides is 1. The monoisotopic (exact) mass is 426 g/mol. The number of benzene rings is 1. The highest BCUT2D eigenvalue weighted by atomic mass is 16.5. The molecular formula is C22H38N2O6. The number of carbonyl (C=O) groups excluding carboxylic acids is 1. The molecule has 1 amide bonds. The molecule has 1 aromatic carbocycles. The predicted molar refractivity (Wildman–Crippen MR) is 117 cm³/mol. The Morgan fingerprint density at radius 1 is 0.933 bits per heavy atom. The summed E-state index contributed by atoms with van der Waals surface area (Å²) in [5, 5.41) is 19.1. The molecular weight excluding hydrogens is 388 g/mol. The van der Waals surface area contributed by atoms with E-state index in [0.29, 0.717) is 65.5 Å². The van der Waals surface area contributed by atoms with Crippen molar-refractivity contribution in [3.05, 3.63) is 29.3 Å². The predicted octanol–water partition coefficient (Wildman–Crippen LogP) is 1.42. The second-order valence-electron chi connectivity index (χ2n) is 7.04. The Hall–Kier alpha value is -1.71. The third kappa shape index (κ3) is 10.4. The van der Waals surface area contributed by atoms with Gasteiger partial charge in [0.25, 0.3) is 0 Å². The van der Waals surface area contributed by atoms with Crippen LogP contribution in [-0.4, -0.2) is 87.8 Å². The van der Waals surface area contributed by atoms with E-state index in [1.165, 1.54) is 0 Å². The topological polar surface area (TPSA) is 91.7 Å². The molecule has 0 radical (unpaired) electrons. The summed E-state index contributed by atoms with van der Waals surface area (Å²) in [6.45, 7) is 6.40. The Balaban J connectivity index is 2.64. The molecule has 8 heteroatoms. The fourth-order valence-corrected chi connectivity index (χ4v) is 2.91. The van der Waals surface area contributed by atoms with Crippen LogP contribution < -0.4 is 4.90 Å². The SMILES string of the molecule is CCN(C)C(=O)CCCN(CCOCCOCCOC)c1cc(CO)cc(CO)c1. The lowest BCUT2D eigenvalue weighted by Crippen LogP contribution is -2.31. The third-order valence-corrected chi connectivity index (χ3v) is 4.80. The molecule has 0 heterocycles. The summed E-state index contributed by atoms with van der Waals surface area (Å²) in [6, 6.07) is 5.61. The number of methoxy groups -OCH3 is 1. The zero-order valence-electron chi connectivity index (χ0n) is 18.6. The number of nitrogens with zero attached hydrogens (tertiary/aromatic N) is 2. The Morgan fingerprint density at radius 2 is 1.53 bits per heavy atom. The van der Waals surface area contributed by atoms with Crippen LogP contribution in [-0.2, 0) is 32.2 Å². The summed E-state index contributed by atoms with van der Waals surface area (Å²) in [4.78, 5) is 15.9. The van der Waals surface area contributed by atoms with Crippen molar-refractivity contribution in [2.75, 3.05) is 71.7 Å². The van der Waals surface area contributed by atoms with Gasteiger partial charge in [-0.25, -0.2) is 0 Å². The van der Waals surface area contributed by atoms with Gasteiger partial charge in [0.15, 0.2) is 0 Å². The second-order valence-corrected chi connectivity index (χ2v) is 7.04. The summed E-state index contributed by atoms with van der Waals surface area (Å²) in [5.41, 5.74) is 2.40. The Morgan fingerprint density at radius 3 is 2.10 bits per heavy atom. The maximum absolute atomic E-state index is 12.1. The van der Waals surface area contributed by atoms with Gasteiger partial charge in [-0.05, 0) is 36.6 Å². The largest absolute Gasteiger partial charge is 0.392 e. The van der Waals surface area contributed by atoms with Gasteiger partial charge in [0.1, 0.15) is 0 Å². The zero-order valence-corrected chi connectivity index (χ0v) is 18.6. The Kier molecular flexibility index (Phi) is 14.1. The second kappa shape index (κ2) is 16.0. The molecule has 0 aromatic heterocycles. The van der Waals surface area contributed by atoms with Gasteiger partial charge in [-0.15, -0.1) is 0 Å². The highest BCUT2D eigenvalue weighted by Gasteiger charge is 2.12. The molecule has 8 nitrogen and oxygen atoms in total. The van der Waals surface area contributed by atoms with Gasteiger partial charge in [0.2, 0.25) is 5.91 Å². The maximum Gasteiger partial charge on any atom is 0.222 e. The number of anilines is 1. The molecule has 0 aliphatic carbocycles. The van der Waals surface area contributed by atoms with Gasteiger partial charge in [-0.1, -0.05) is 6.07 Å². The molecule has 30 heavy (non-hydrogen) atoms. The highest BCUT2D eigenvalue weighted by molar-refractivity contribution is 5.75. The highest BCUT2D eigenvalue weighted by Crippen LogP contribution is 2.20. The lowest BCUT2D eigenvalue weighted by atomic mass is 10.1. The molecule has 0 saturated carbocycles. The number of aliphatic hydroxyl groups excluding tert-OH is 2. The smallest absolute Gasteiger partial charge is 0.222 e. The molecule has 0 fully saturated rings.